The number of anilines is 1. The number of nitrogens with zero attached hydrogens (tertiary/aromatic N) is 2. The van der Waals surface area contributed by atoms with Crippen molar-refractivity contribution in [2.45, 2.75) is 26.8 Å². The van der Waals surface area contributed by atoms with Crippen LogP contribution in [0.2, 0.25) is 0 Å². The van der Waals surface area contributed by atoms with Gasteiger partial charge in [-0.05, 0) is 32.9 Å². The molecule has 2 heterocycles. The average molecular weight is 261 g/mol. The highest BCUT2D eigenvalue weighted by atomic mass is 16.6. The number of aromatic nitrogens is 1. The van der Waals surface area contributed by atoms with Crippen LogP contribution in [-0.4, -0.2) is 9.91 Å². The van der Waals surface area contributed by atoms with Gasteiger partial charge in [-0.15, -0.1) is 0 Å². The summed E-state index contributed by atoms with van der Waals surface area (Å²) in [7, 11) is 0. The number of nitro groups is 1. The molecular formula is C13H15N3O3. The minimum Gasteiger partial charge on any atom is -0.466 e. The normalized spacial score (nSPS) is 12.2. The van der Waals surface area contributed by atoms with Crippen LogP contribution in [0.4, 0.5) is 11.5 Å². The highest BCUT2D eigenvalue weighted by molar-refractivity contribution is 5.42. The highest BCUT2D eigenvalue weighted by Crippen LogP contribution is 2.24. The van der Waals surface area contributed by atoms with E-state index in [0.29, 0.717) is 5.82 Å². The van der Waals surface area contributed by atoms with Crippen molar-refractivity contribution >= 4 is 11.5 Å². The summed E-state index contributed by atoms with van der Waals surface area (Å²) >= 11 is 0. The summed E-state index contributed by atoms with van der Waals surface area (Å²) in [5.41, 5.74) is 1.03. The summed E-state index contributed by atoms with van der Waals surface area (Å²) in [5.74, 6) is 2.31. The van der Waals surface area contributed by atoms with Gasteiger partial charge in [0.15, 0.2) is 0 Å². The first-order chi connectivity index (χ1) is 8.97. The summed E-state index contributed by atoms with van der Waals surface area (Å²) in [5, 5.41) is 13.7. The molecule has 2 aromatic heterocycles. The molecule has 0 aliphatic rings. The van der Waals surface area contributed by atoms with E-state index in [1.165, 1.54) is 12.3 Å². The maximum Gasteiger partial charge on any atom is 0.287 e. The molecular weight excluding hydrogens is 246 g/mol. The average Bonchev–Trinajstić information content (AvgIpc) is 2.69. The molecule has 2 rings (SSSR count). The highest BCUT2D eigenvalue weighted by Gasteiger charge is 2.13. The second kappa shape index (κ2) is 5.09. The molecule has 0 radical (unpaired) electrons. The molecule has 1 atom stereocenters. The van der Waals surface area contributed by atoms with Crippen LogP contribution >= 0.6 is 0 Å². The van der Waals surface area contributed by atoms with E-state index >= 15 is 0 Å². The zero-order valence-corrected chi connectivity index (χ0v) is 11.0. The van der Waals surface area contributed by atoms with Gasteiger partial charge in [-0.1, -0.05) is 0 Å². The van der Waals surface area contributed by atoms with Gasteiger partial charge in [0.2, 0.25) is 0 Å². The fourth-order valence-corrected chi connectivity index (χ4v) is 1.96. The fourth-order valence-electron chi connectivity index (χ4n) is 1.96. The molecule has 2 aromatic rings. The van der Waals surface area contributed by atoms with Crippen LogP contribution in [-0.2, 0) is 0 Å². The number of hydrogen-bond donors (Lipinski definition) is 1. The third kappa shape index (κ3) is 2.90. The van der Waals surface area contributed by atoms with Crippen molar-refractivity contribution in [3.05, 3.63) is 51.6 Å². The Morgan fingerprint density at radius 2 is 2.16 bits per heavy atom. The Bertz CT molecular complexity index is 590. The first-order valence-corrected chi connectivity index (χ1v) is 5.91. The molecule has 100 valence electrons. The Labute approximate surface area is 110 Å². The van der Waals surface area contributed by atoms with E-state index < -0.39 is 4.92 Å². The summed E-state index contributed by atoms with van der Waals surface area (Å²) in [6.07, 6.45) is 1.24. The predicted molar refractivity (Wildman–Crippen MR) is 71.1 cm³/mol. The SMILES string of the molecule is Cc1cc(C(C)Nc2ccc([N+](=O)[O-])cn2)c(C)o1. The van der Waals surface area contributed by atoms with Crippen LogP contribution in [0.5, 0.6) is 0 Å². The third-order valence-electron chi connectivity index (χ3n) is 2.87. The molecule has 0 aromatic carbocycles. The van der Waals surface area contributed by atoms with Gasteiger partial charge in [-0.3, -0.25) is 10.1 Å². The third-order valence-corrected chi connectivity index (χ3v) is 2.87. The summed E-state index contributed by atoms with van der Waals surface area (Å²) in [6, 6.07) is 5.01. The number of aryl methyl sites for hydroxylation is 2. The van der Waals surface area contributed by atoms with Crippen molar-refractivity contribution in [1.29, 1.82) is 0 Å². The lowest BCUT2D eigenvalue weighted by Crippen LogP contribution is -2.08. The standard InChI is InChI=1S/C13H15N3O3/c1-8-6-12(10(3)19-8)9(2)15-13-5-4-11(7-14-13)16(17)18/h4-7,9H,1-3H3,(H,14,15). The van der Waals surface area contributed by atoms with Gasteiger partial charge in [-0.2, -0.15) is 0 Å². The molecule has 0 aliphatic heterocycles. The molecule has 0 spiro atoms. The van der Waals surface area contributed by atoms with Crippen LogP contribution in [0.15, 0.2) is 28.8 Å². The van der Waals surface area contributed by atoms with Crippen molar-refractivity contribution in [2.24, 2.45) is 0 Å². The zero-order chi connectivity index (χ0) is 14.0. The lowest BCUT2D eigenvalue weighted by Gasteiger charge is -2.13. The van der Waals surface area contributed by atoms with E-state index in [1.54, 1.807) is 6.07 Å². The van der Waals surface area contributed by atoms with Gasteiger partial charge in [0.1, 0.15) is 23.5 Å². The Balaban J connectivity index is 2.12. The smallest absolute Gasteiger partial charge is 0.287 e. The van der Waals surface area contributed by atoms with Crippen LogP contribution in [0.1, 0.15) is 30.0 Å². The topological polar surface area (TPSA) is 81.2 Å². The number of nitrogens with one attached hydrogen (secondary N) is 1. The van der Waals surface area contributed by atoms with Crippen molar-refractivity contribution in [3.8, 4) is 0 Å². The van der Waals surface area contributed by atoms with Crippen LogP contribution in [0.3, 0.4) is 0 Å². The number of furan rings is 1. The first-order valence-electron chi connectivity index (χ1n) is 5.91. The molecule has 19 heavy (non-hydrogen) atoms. The number of rotatable bonds is 4. The molecule has 0 saturated heterocycles. The Morgan fingerprint density at radius 3 is 2.63 bits per heavy atom. The van der Waals surface area contributed by atoms with E-state index in [9.17, 15) is 10.1 Å². The van der Waals surface area contributed by atoms with Gasteiger partial charge >= 0.3 is 0 Å². The maximum absolute atomic E-state index is 10.5. The van der Waals surface area contributed by atoms with E-state index in [2.05, 4.69) is 10.3 Å². The van der Waals surface area contributed by atoms with E-state index in [4.69, 9.17) is 4.42 Å². The summed E-state index contributed by atoms with van der Waals surface area (Å²) in [6.45, 7) is 5.79. The monoisotopic (exact) mass is 261 g/mol. The molecule has 0 amide bonds. The Kier molecular flexibility index (Phi) is 3.50. The fraction of sp³-hybridized carbons (Fsp3) is 0.308. The maximum atomic E-state index is 10.5. The van der Waals surface area contributed by atoms with E-state index in [1.807, 2.05) is 26.8 Å². The van der Waals surface area contributed by atoms with Crippen LogP contribution in [0.25, 0.3) is 0 Å². The minimum atomic E-state index is -0.468. The number of pyridine rings is 1. The van der Waals surface area contributed by atoms with Gasteiger partial charge in [-0.25, -0.2) is 4.98 Å². The molecule has 0 bridgehead atoms. The zero-order valence-electron chi connectivity index (χ0n) is 11.0. The second-order valence-corrected chi connectivity index (χ2v) is 4.39. The lowest BCUT2D eigenvalue weighted by molar-refractivity contribution is -0.385. The number of hydrogen-bond acceptors (Lipinski definition) is 5. The van der Waals surface area contributed by atoms with Crippen molar-refractivity contribution in [3.63, 3.8) is 0 Å². The first kappa shape index (κ1) is 13.1. The minimum absolute atomic E-state index is 0.0198. The van der Waals surface area contributed by atoms with E-state index in [-0.39, 0.29) is 11.7 Å². The molecule has 1 N–H and O–H groups in total. The molecule has 0 fully saturated rings. The van der Waals surface area contributed by atoms with E-state index in [0.717, 1.165) is 17.1 Å². The van der Waals surface area contributed by atoms with Gasteiger partial charge < -0.3 is 9.73 Å². The van der Waals surface area contributed by atoms with Crippen molar-refractivity contribution in [2.75, 3.05) is 5.32 Å². The van der Waals surface area contributed by atoms with Crippen molar-refractivity contribution in [1.82, 2.24) is 4.98 Å². The van der Waals surface area contributed by atoms with Gasteiger partial charge in [0.05, 0.1) is 11.0 Å². The second-order valence-electron chi connectivity index (χ2n) is 4.39. The predicted octanol–water partition coefficient (Wildman–Crippen LogP) is 3.37. The molecule has 6 heteroatoms. The Morgan fingerprint density at radius 1 is 1.42 bits per heavy atom. The quantitative estimate of drug-likeness (QED) is 0.674. The molecule has 0 aliphatic carbocycles. The van der Waals surface area contributed by atoms with Gasteiger partial charge in [0.25, 0.3) is 5.69 Å². The molecule has 1 unspecified atom stereocenters. The van der Waals surface area contributed by atoms with Crippen LogP contribution < -0.4 is 5.32 Å². The lowest BCUT2D eigenvalue weighted by atomic mass is 10.1. The molecule has 6 nitrogen and oxygen atoms in total. The summed E-state index contributed by atoms with van der Waals surface area (Å²) in [4.78, 5) is 14.1. The summed E-state index contributed by atoms with van der Waals surface area (Å²) < 4.78 is 5.47. The van der Waals surface area contributed by atoms with Gasteiger partial charge in [0, 0.05) is 11.6 Å². The Hall–Kier alpha value is -2.37. The van der Waals surface area contributed by atoms with Crippen LogP contribution in [0, 0.1) is 24.0 Å². The largest absolute Gasteiger partial charge is 0.466 e. The van der Waals surface area contributed by atoms with Crippen molar-refractivity contribution < 1.29 is 9.34 Å². The molecule has 0 saturated carbocycles.